The van der Waals surface area contributed by atoms with Crippen molar-refractivity contribution in [3.05, 3.63) is 41.9 Å². The fraction of sp³-hybridized carbons (Fsp3) is 0.438. The van der Waals surface area contributed by atoms with Crippen LogP contribution in [0.25, 0.3) is 0 Å². The van der Waals surface area contributed by atoms with E-state index in [-0.39, 0.29) is 0 Å². The summed E-state index contributed by atoms with van der Waals surface area (Å²) in [6, 6.07) is 6.32. The van der Waals surface area contributed by atoms with Crippen LogP contribution >= 0.6 is 0 Å². The van der Waals surface area contributed by atoms with Crippen LogP contribution in [-0.4, -0.2) is 46.1 Å². The van der Waals surface area contributed by atoms with E-state index >= 15 is 0 Å². The maximum absolute atomic E-state index is 5.17. The maximum Gasteiger partial charge on any atom is 0.223 e. The van der Waals surface area contributed by atoms with Crippen LogP contribution in [0.4, 0.5) is 5.95 Å². The number of anilines is 1. The van der Waals surface area contributed by atoms with Gasteiger partial charge < -0.3 is 10.1 Å². The quantitative estimate of drug-likeness (QED) is 0.909. The summed E-state index contributed by atoms with van der Waals surface area (Å²) in [6.45, 7) is 4.94. The van der Waals surface area contributed by atoms with Gasteiger partial charge in [-0.15, -0.1) is 0 Å². The molecule has 0 aliphatic carbocycles. The van der Waals surface area contributed by atoms with Crippen molar-refractivity contribution in [3.8, 4) is 5.88 Å². The van der Waals surface area contributed by atoms with Crippen LogP contribution in [0.1, 0.15) is 17.7 Å². The average Bonchev–Trinajstić information content (AvgIpc) is 2.94. The van der Waals surface area contributed by atoms with E-state index in [4.69, 9.17) is 4.74 Å². The first-order valence-corrected chi connectivity index (χ1v) is 7.50. The minimum atomic E-state index is 0.394. The van der Waals surface area contributed by atoms with E-state index in [1.807, 2.05) is 25.1 Å². The molecule has 1 saturated heterocycles. The number of ether oxygens (including phenoxy) is 1. The largest absolute Gasteiger partial charge is 0.481 e. The lowest BCUT2D eigenvalue weighted by Gasteiger charge is -2.17. The van der Waals surface area contributed by atoms with Gasteiger partial charge in [-0.25, -0.2) is 15.0 Å². The third-order valence-electron chi connectivity index (χ3n) is 3.81. The van der Waals surface area contributed by atoms with Gasteiger partial charge in [0.15, 0.2) is 0 Å². The van der Waals surface area contributed by atoms with E-state index in [9.17, 15) is 0 Å². The Morgan fingerprint density at radius 1 is 1.32 bits per heavy atom. The number of hydrogen-bond acceptors (Lipinski definition) is 6. The Kier molecular flexibility index (Phi) is 4.48. The first-order chi connectivity index (χ1) is 10.7. The lowest BCUT2D eigenvalue weighted by molar-refractivity contribution is 0.327. The van der Waals surface area contributed by atoms with Crippen LogP contribution in [0.3, 0.4) is 0 Å². The van der Waals surface area contributed by atoms with E-state index in [1.165, 1.54) is 5.56 Å². The number of methoxy groups -OCH3 is 1. The fourth-order valence-corrected chi connectivity index (χ4v) is 2.71. The molecule has 0 amide bonds. The van der Waals surface area contributed by atoms with Gasteiger partial charge in [-0.1, -0.05) is 0 Å². The van der Waals surface area contributed by atoms with E-state index < -0.39 is 0 Å². The number of hydrogen-bond donors (Lipinski definition) is 1. The Balaban J connectivity index is 1.55. The molecule has 3 rings (SSSR count). The highest BCUT2D eigenvalue weighted by Gasteiger charge is 2.23. The molecule has 1 fully saturated rings. The Morgan fingerprint density at radius 2 is 2.18 bits per heavy atom. The van der Waals surface area contributed by atoms with Crippen molar-refractivity contribution in [2.24, 2.45) is 0 Å². The van der Waals surface area contributed by atoms with Gasteiger partial charge in [-0.05, 0) is 31.0 Å². The highest BCUT2D eigenvalue weighted by atomic mass is 16.5. The monoisotopic (exact) mass is 299 g/mol. The van der Waals surface area contributed by atoms with Gasteiger partial charge in [-0.3, -0.25) is 4.90 Å². The van der Waals surface area contributed by atoms with E-state index in [0.717, 1.165) is 37.7 Å². The average molecular weight is 299 g/mol. The van der Waals surface area contributed by atoms with Crippen molar-refractivity contribution >= 4 is 5.95 Å². The second-order valence-electron chi connectivity index (χ2n) is 5.59. The molecule has 2 aromatic heterocycles. The Labute approximate surface area is 130 Å². The van der Waals surface area contributed by atoms with Crippen LogP contribution in [0.15, 0.2) is 30.6 Å². The molecule has 0 saturated carbocycles. The van der Waals surface area contributed by atoms with Gasteiger partial charge >= 0.3 is 0 Å². The second-order valence-corrected chi connectivity index (χ2v) is 5.59. The van der Waals surface area contributed by atoms with Gasteiger partial charge in [0.1, 0.15) is 0 Å². The van der Waals surface area contributed by atoms with Crippen LogP contribution in [0, 0.1) is 6.92 Å². The first-order valence-electron chi connectivity index (χ1n) is 7.50. The number of nitrogens with one attached hydrogen (secondary N) is 1. The topological polar surface area (TPSA) is 63.2 Å². The molecule has 116 valence electrons. The molecular formula is C16H21N5O. The molecule has 1 unspecified atom stereocenters. The van der Waals surface area contributed by atoms with Crippen molar-refractivity contribution in [3.63, 3.8) is 0 Å². The molecule has 2 aromatic rings. The normalized spacial score (nSPS) is 18.4. The molecule has 1 N–H and O–H groups in total. The Morgan fingerprint density at radius 3 is 3.00 bits per heavy atom. The van der Waals surface area contributed by atoms with E-state index in [2.05, 4.69) is 25.2 Å². The molecule has 0 spiro atoms. The number of aromatic nitrogens is 3. The molecule has 0 radical (unpaired) electrons. The number of nitrogens with zero attached hydrogens (tertiary/aromatic N) is 4. The predicted molar refractivity (Wildman–Crippen MR) is 84.9 cm³/mol. The van der Waals surface area contributed by atoms with Crippen LogP contribution < -0.4 is 10.1 Å². The number of likely N-dealkylation sites (tertiary alicyclic amines) is 1. The summed E-state index contributed by atoms with van der Waals surface area (Å²) in [6.07, 6.45) is 4.68. The molecule has 1 aliphatic rings. The number of aryl methyl sites for hydroxylation is 1. The minimum Gasteiger partial charge on any atom is -0.481 e. The van der Waals surface area contributed by atoms with Crippen molar-refractivity contribution < 1.29 is 4.74 Å². The Hall–Kier alpha value is -2.21. The summed E-state index contributed by atoms with van der Waals surface area (Å²) >= 11 is 0. The van der Waals surface area contributed by atoms with Crippen LogP contribution in [0.2, 0.25) is 0 Å². The standard InChI is InChI=1S/C16H21N5O/c1-12-3-6-18-16(19-12)20-14-5-8-21(11-14)10-13-4-7-17-15(9-13)22-2/h3-4,6-7,9,14H,5,8,10-11H2,1-2H3,(H,18,19,20). The van der Waals surface area contributed by atoms with Crippen molar-refractivity contribution in [2.45, 2.75) is 25.9 Å². The lowest BCUT2D eigenvalue weighted by atomic mass is 10.2. The summed E-state index contributed by atoms with van der Waals surface area (Å²) in [5, 5.41) is 3.42. The number of pyridine rings is 1. The fourth-order valence-electron chi connectivity index (χ4n) is 2.71. The first kappa shape index (κ1) is 14.7. The predicted octanol–water partition coefficient (Wildman–Crippen LogP) is 1.88. The van der Waals surface area contributed by atoms with E-state index in [0.29, 0.717) is 11.9 Å². The highest BCUT2D eigenvalue weighted by Crippen LogP contribution is 2.17. The van der Waals surface area contributed by atoms with Gasteiger partial charge in [0.05, 0.1) is 7.11 Å². The van der Waals surface area contributed by atoms with Gasteiger partial charge in [0, 0.05) is 49.8 Å². The minimum absolute atomic E-state index is 0.394. The molecule has 6 heteroatoms. The third-order valence-corrected chi connectivity index (χ3v) is 3.81. The van der Waals surface area contributed by atoms with Crippen molar-refractivity contribution in [2.75, 3.05) is 25.5 Å². The second kappa shape index (κ2) is 6.70. The van der Waals surface area contributed by atoms with Crippen LogP contribution in [-0.2, 0) is 6.54 Å². The third kappa shape index (κ3) is 3.71. The lowest BCUT2D eigenvalue weighted by Crippen LogP contribution is -2.26. The van der Waals surface area contributed by atoms with Crippen molar-refractivity contribution in [1.29, 1.82) is 0 Å². The smallest absolute Gasteiger partial charge is 0.223 e. The molecule has 22 heavy (non-hydrogen) atoms. The summed E-state index contributed by atoms with van der Waals surface area (Å²) in [5.74, 6) is 1.39. The summed E-state index contributed by atoms with van der Waals surface area (Å²) < 4.78 is 5.17. The number of rotatable bonds is 5. The summed E-state index contributed by atoms with van der Waals surface area (Å²) in [7, 11) is 1.64. The molecule has 6 nitrogen and oxygen atoms in total. The van der Waals surface area contributed by atoms with E-state index in [1.54, 1.807) is 19.5 Å². The SMILES string of the molecule is COc1cc(CN2CCC(Nc3nccc(C)n3)C2)ccn1. The zero-order valence-electron chi connectivity index (χ0n) is 13.0. The Bertz CT molecular complexity index is 633. The van der Waals surface area contributed by atoms with Gasteiger partial charge in [0.2, 0.25) is 11.8 Å². The zero-order chi connectivity index (χ0) is 15.4. The summed E-state index contributed by atoms with van der Waals surface area (Å²) in [5.41, 5.74) is 2.20. The van der Waals surface area contributed by atoms with Gasteiger partial charge in [0.25, 0.3) is 0 Å². The molecule has 0 bridgehead atoms. The highest BCUT2D eigenvalue weighted by molar-refractivity contribution is 5.27. The molecular weight excluding hydrogens is 278 g/mol. The molecule has 1 aliphatic heterocycles. The molecule has 3 heterocycles. The molecule has 0 aromatic carbocycles. The zero-order valence-corrected chi connectivity index (χ0v) is 13.0. The summed E-state index contributed by atoms with van der Waals surface area (Å²) in [4.78, 5) is 15.2. The maximum atomic E-state index is 5.17. The van der Waals surface area contributed by atoms with Crippen molar-refractivity contribution in [1.82, 2.24) is 19.9 Å². The van der Waals surface area contributed by atoms with Crippen LogP contribution in [0.5, 0.6) is 5.88 Å². The van der Waals surface area contributed by atoms with Gasteiger partial charge in [-0.2, -0.15) is 0 Å². The molecule has 1 atom stereocenters.